The molecule has 0 aliphatic carbocycles. The van der Waals surface area contributed by atoms with E-state index in [1.165, 1.54) is 38.2 Å². The van der Waals surface area contributed by atoms with Gasteiger partial charge in [-0.25, -0.2) is 37.4 Å². The quantitative estimate of drug-likeness (QED) is 0.0816. The second-order valence-corrected chi connectivity index (χ2v) is 17.1. The molecule has 7 aromatic rings. The SMILES string of the molecule is CCc1cccc(CC)c1-n1nc2c(c1-c1cc(F)c(OC)c3c1ccn3C(=O)OCc1ccc(OP(C)(=O)OCc3ccccc3)c(F)c1)CN(c1ncc(C(F)(F)F)cn1)CC2. The van der Waals surface area contributed by atoms with E-state index in [0.29, 0.717) is 53.7 Å². The highest BCUT2D eigenvalue weighted by Gasteiger charge is 2.34. The first-order valence-electron chi connectivity index (χ1n) is 20.3. The molecule has 0 bridgehead atoms. The molecule has 0 spiro atoms. The van der Waals surface area contributed by atoms with Crippen LogP contribution in [0.25, 0.3) is 27.8 Å². The minimum atomic E-state index is -4.61. The Labute approximate surface area is 364 Å². The Hall–Kier alpha value is -6.58. The predicted molar refractivity (Wildman–Crippen MR) is 229 cm³/mol. The number of methoxy groups -OCH3 is 1. The molecule has 18 heteroatoms. The fourth-order valence-corrected chi connectivity index (χ4v) is 8.74. The maximum absolute atomic E-state index is 16.5. The van der Waals surface area contributed by atoms with Crippen LogP contribution in [-0.2, 0) is 59.0 Å². The lowest BCUT2D eigenvalue weighted by molar-refractivity contribution is -0.138. The van der Waals surface area contributed by atoms with E-state index < -0.39 is 43.7 Å². The number of ether oxygens (including phenoxy) is 2. The predicted octanol–water partition coefficient (Wildman–Crippen LogP) is 10.9. The number of fused-ring (bicyclic) bond motifs is 2. The molecule has 0 N–H and O–H groups in total. The van der Waals surface area contributed by atoms with Gasteiger partial charge in [0.15, 0.2) is 23.1 Å². The maximum atomic E-state index is 16.5. The Bertz CT molecular complexity index is 2880. The number of hydrogen-bond donors (Lipinski definition) is 0. The van der Waals surface area contributed by atoms with Crippen LogP contribution in [-0.4, -0.2) is 50.7 Å². The number of hydrogen-bond acceptors (Lipinski definition) is 10. The van der Waals surface area contributed by atoms with Crippen molar-refractivity contribution in [3.05, 3.63) is 148 Å². The van der Waals surface area contributed by atoms with Gasteiger partial charge in [0.1, 0.15) is 12.1 Å². The molecule has 64 heavy (non-hydrogen) atoms. The van der Waals surface area contributed by atoms with Crippen LogP contribution in [0.4, 0.5) is 32.7 Å². The molecule has 1 atom stereocenters. The van der Waals surface area contributed by atoms with Gasteiger partial charge in [-0.1, -0.05) is 68.4 Å². The molecule has 0 saturated carbocycles. The van der Waals surface area contributed by atoms with Crippen LogP contribution in [0.5, 0.6) is 11.5 Å². The summed E-state index contributed by atoms with van der Waals surface area (Å²) in [4.78, 5) is 23.7. The zero-order valence-corrected chi connectivity index (χ0v) is 36.1. The molecular weight excluding hydrogens is 859 g/mol. The number of benzene rings is 4. The maximum Gasteiger partial charge on any atom is 0.419 e. The summed E-state index contributed by atoms with van der Waals surface area (Å²) in [7, 11) is -2.45. The standard InChI is InChI=1S/C46H42F5N6O6P/c1-5-30-13-10-14-31(6-2)40(30)57-41(35-25-55(19-18-38(35)54-57)44-52-23-32(24-53-44)46(49,50)51)34-22-37(48)43(60-3)42-33(34)17-20-56(42)45(58)61-26-29-15-16-39(36(47)21-29)63-64(4,59)62-27-28-11-8-7-9-12-28/h7-17,20-24H,5-6,18-19,25-27H2,1-4H3. The summed E-state index contributed by atoms with van der Waals surface area (Å²) >= 11 is 0. The molecule has 1 aliphatic rings. The number of nitrogens with zero attached hydrogens (tertiary/aromatic N) is 6. The third kappa shape index (κ3) is 8.82. The van der Waals surface area contributed by atoms with Crippen LogP contribution in [0.15, 0.2) is 97.5 Å². The third-order valence-corrected chi connectivity index (χ3v) is 12.1. The topological polar surface area (TPSA) is 123 Å². The Kier molecular flexibility index (Phi) is 12.3. The van der Waals surface area contributed by atoms with Crippen LogP contribution >= 0.6 is 7.60 Å². The summed E-state index contributed by atoms with van der Waals surface area (Å²) in [5, 5.41) is 5.52. The molecule has 0 amide bonds. The minimum absolute atomic E-state index is 0.00707. The minimum Gasteiger partial charge on any atom is -0.492 e. The van der Waals surface area contributed by atoms with Gasteiger partial charge in [-0.3, -0.25) is 4.52 Å². The summed E-state index contributed by atoms with van der Waals surface area (Å²) in [6.45, 7) is 5.34. The smallest absolute Gasteiger partial charge is 0.419 e. The van der Waals surface area contributed by atoms with Gasteiger partial charge in [0.05, 0.1) is 36.4 Å². The van der Waals surface area contributed by atoms with Gasteiger partial charge in [0.25, 0.3) is 0 Å². The van der Waals surface area contributed by atoms with Gasteiger partial charge in [-0.2, -0.15) is 18.3 Å². The molecule has 4 aromatic carbocycles. The van der Waals surface area contributed by atoms with E-state index in [-0.39, 0.29) is 41.7 Å². The van der Waals surface area contributed by atoms with Crippen molar-refractivity contribution >= 4 is 30.5 Å². The Morgan fingerprint density at radius 3 is 2.25 bits per heavy atom. The number of carbonyl (C=O) groups excluding carboxylic acids is 1. The number of halogens is 5. The zero-order chi connectivity index (χ0) is 45.3. The number of aromatic nitrogens is 5. The number of alkyl halides is 3. The third-order valence-electron chi connectivity index (χ3n) is 10.9. The van der Waals surface area contributed by atoms with Crippen LogP contribution in [0.1, 0.15) is 52.9 Å². The van der Waals surface area contributed by atoms with Crippen molar-refractivity contribution in [3.8, 4) is 28.4 Å². The fraction of sp³-hybridized carbons (Fsp3) is 0.261. The summed E-state index contributed by atoms with van der Waals surface area (Å²) in [5.74, 6) is -2.13. The number of para-hydroxylation sites is 1. The van der Waals surface area contributed by atoms with Crippen molar-refractivity contribution in [1.82, 2.24) is 24.3 Å². The monoisotopic (exact) mass is 900 g/mol. The molecule has 0 radical (unpaired) electrons. The van der Waals surface area contributed by atoms with Gasteiger partial charge >= 0.3 is 19.9 Å². The van der Waals surface area contributed by atoms with E-state index in [4.69, 9.17) is 23.6 Å². The largest absolute Gasteiger partial charge is 0.492 e. The molecule has 0 saturated heterocycles. The molecule has 8 rings (SSSR count). The van der Waals surface area contributed by atoms with E-state index in [2.05, 4.69) is 9.97 Å². The molecule has 1 unspecified atom stereocenters. The average molecular weight is 901 g/mol. The van der Waals surface area contributed by atoms with Gasteiger partial charge in [-0.05, 0) is 59.4 Å². The van der Waals surface area contributed by atoms with Crippen molar-refractivity contribution < 1.29 is 49.8 Å². The molecule has 12 nitrogen and oxygen atoms in total. The van der Waals surface area contributed by atoms with Crippen molar-refractivity contribution in [3.63, 3.8) is 0 Å². The van der Waals surface area contributed by atoms with E-state index in [1.54, 1.807) is 39.9 Å². The van der Waals surface area contributed by atoms with Crippen molar-refractivity contribution in [2.45, 2.75) is 59.0 Å². The van der Waals surface area contributed by atoms with Crippen LogP contribution in [0, 0.1) is 11.6 Å². The van der Waals surface area contributed by atoms with Crippen LogP contribution < -0.4 is 14.2 Å². The second-order valence-electron chi connectivity index (χ2n) is 15.1. The molecule has 3 aromatic heterocycles. The highest BCUT2D eigenvalue weighted by Crippen LogP contribution is 2.46. The summed E-state index contributed by atoms with van der Waals surface area (Å²) in [6.07, 6.45) is -0.971. The zero-order valence-electron chi connectivity index (χ0n) is 35.2. The van der Waals surface area contributed by atoms with E-state index >= 15 is 8.78 Å². The molecule has 4 heterocycles. The van der Waals surface area contributed by atoms with Crippen LogP contribution in [0.3, 0.4) is 0 Å². The van der Waals surface area contributed by atoms with Gasteiger partial charge in [0.2, 0.25) is 5.95 Å². The van der Waals surface area contributed by atoms with Gasteiger partial charge < -0.3 is 18.9 Å². The molecule has 332 valence electrons. The number of anilines is 1. The lowest BCUT2D eigenvalue weighted by Crippen LogP contribution is -2.31. The molecule has 1 aliphatic heterocycles. The number of aryl methyl sites for hydroxylation is 2. The molecule has 0 fully saturated rings. The van der Waals surface area contributed by atoms with E-state index in [0.717, 1.165) is 45.4 Å². The number of carbonyl (C=O) groups is 1. The summed E-state index contributed by atoms with van der Waals surface area (Å²) < 4.78 is 110. The Morgan fingerprint density at radius 2 is 1.59 bits per heavy atom. The average Bonchev–Trinajstić information content (AvgIpc) is 3.90. The fourth-order valence-electron chi connectivity index (χ4n) is 7.80. The first-order chi connectivity index (χ1) is 30.7. The first kappa shape index (κ1) is 44.0. The van der Waals surface area contributed by atoms with Gasteiger partial charge in [-0.15, -0.1) is 0 Å². The van der Waals surface area contributed by atoms with E-state index in [1.807, 2.05) is 38.1 Å². The van der Waals surface area contributed by atoms with Crippen molar-refractivity contribution in [1.29, 1.82) is 0 Å². The number of rotatable bonds is 13. The lowest BCUT2D eigenvalue weighted by Gasteiger charge is -2.27. The second kappa shape index (κ2) is 17.9. The first-order valence-corrected chi connectivity index (χ1v) is 22.3. The summed E-state index contributed by atoms with van der Waals surface area (Å²) in [6, 6.07) is 21.7. The highest BCUT2D eigenvalue weighted by molar-refractivity contribution is 7.53. The van der Waals surface area contributed by atoms with Crippen molar-refractivity contribution in [2.24, 2.45) is 0 Å². The van der Waals surface area contributed by atoms with Gasteiger partial charge in [0, 0.05) is 61.3 Å². The van der Waals surface area contributed by atoms with Crippen LogP contribution in [0.2, 0.25) is 0 Å². The normalized spacial score (nSPS) is 13.7. The lowest BCUT2D eigenvalue weighted by atomic mass is 9.97. The Morgan fingerprint density at radius 1 is 0.875 bits per heavy atom. The van der Waals surface area contributed by atoms with Crippen molar-refractivity contribution in [2.75, 3.05) is 25.2 Å². The molecular formula is C46H42F5N6O6P. The highest BCUT2D eigenvalue weighted by atomic mass is 31.2. The Balaban J connectivity index is 1.13. The van der Waals surface area contributed by atoms with E-state index in [9.17, 15) is 22.5 Å². The summed E-state index contributed by atoms with van der Waals surface area (Å²) in [5.41, 5.74) is 5.05.